The van der Waals surface area contributed by atoms with Crippen molar-refractivity contribution in [2.45, 2.75) is 19.5 Å². The van der Waals surface area contributed by atoms with E-state index in [1.54, 1.807) is 12.3 Å². The van der Waals surface area contributed by atoms with Crippen molar-refractivity contribution in [3.05, 3.63) is 53.2 Å². The fourth-order valence-electron chi connectivity index (χ4n) is 2.61. The van der Waals surface area contributed by atoms with Gasteiger partial charge in [-0.3, -0.25) is 0 Å². The van der Waals surface area contributed by atoms with Gasteiger partial charge in [-0.05, 0) is 37.2 Å². The van der Waals surface area contributed by atoms with Gasteiger partial charge >= 0.3 is 0 Å². The van der Waals surface area contributed by atoms with Crippen LogP contribution >= 0.6 is 0 Å². The first-order valence-corrected chi connectivity index (χ1v) is 6.51. The van der Waals surface area contributed by atoms with Gasteiger partial charge in [-0.25, -0.2) is 4.39 Å². The molecular formula is C15H17FN2O. The van der Waals surface area contributed by atoms with E-state index < -0.39 is 0 Å². The molecule has 0 atom stereocenters. The summed E-state index contributed by atoms with van der Waals surface area (Å²) in [6.07, 6.45) is 2.68. The minimum Gasteiger partial charge on any atom is -0.467 e. The summed E-state index contributed by atoms with van der Waals surface area (Å²) in [7, 11) is 1.91. The van der Waals surface area contributed by atoms with Gasteiger partial charge in [-0.15, -0.1) is 0 Å². The number of hydrogen-bond acceptors (Lipinski definition) is 3. The molecule has 1 aromatic carbocycles. The molecule has 0 aliphatic carbocycles. The number of hydrogen-bond donors (Lipinski definition) is 1. The summed E-state index contributed by atoms with van der Waals surface area (Å²) in [6.45, 7) is 2.40. The van der Waals surface area contributed by atoms with Crippen molar-refractivity contribution < 1.29 is 8.81 Å². The molecule has 0 bridgehead atoms. The molecule has 100 valence electrons. The largest absolute Gasteiger partial charge is 0.467 e. The Balaban J connectivity index is 1.82. The molecule has 2 heterocycles. The minimum atomic E-state index is -0.180. The topological polar surface area (TPSA) is 28.4 Å². The Bertz CT molecular complexity index is 579. The smallest absolute Gasteiger partial charge is 0.127 e. The van der Waals surface area contributed by atoms with Crippen LogP contribution < -0.4 is 10.2 Å². The van der Waals surface area contributed by atoms with Crippen LogP contribution in [0, 0.1) is 5.82 Å². The number of anilines is 1. The van der Waals surface area contributed by atoms with E-state index in [0.717, 1.165) is 36.5 Å². The highest BCUT2D eigenvalue weighted by Gasteiger charge is 2.21. The third-order valence-electron chi connectivity index (χ3n) is 3.58. The third kappa shape index (κ3) is 2.36. The molecule has 0 saturated heterocycles. The Labute approximate surface area is 112 Å². The molecule has 2 aromatic rings. The predicted molar refractivity (Wildman–Crippen MR) is 72.6 cm³/mol. The highest BCUT2D eigenvalue weighted by Crippen LogP contribution is 2.30. The predicted octanol–water partition coefficient (Wildman–Crippen LogP) is 2.70. The standard InChI is InChI=1S/C15H17FN2O/c1-17-9-12-5-7-19-15(12)10-18-6-4-11-2-3-13(16)8-14(11)18/h2-3,5,7-8,17H,4,6,9-10H2,1H3. The lowest BCUT2D eigenvalue weighted by molar-refractivity contribution is 0.498. The molecule has 0 spiro atoms. The quantitative estimate of drug-likeness (QED) is 0.916. The van der Waals surface area contributed by atoms with Crippen LogP contribution in [0.15, 0.2) is 34.9 Å². The third-order valence-corrected chi connectivity index (χ3v) is 3.58. The summed E-state index contributed by atoms with van der Waals surface area (Å²) in [4.78, 5) is 2.18. The van der Waals surface area contributed by atoms with Crippen LogP contribution in [-0.4, -0.2) is 13.6 Å². The van der Waals surface area contributed by atoms with Gasteiger partial charge in [0.25, 0.3) is 0 Å². The van der Waals surface area contributed by atoms with Gasteiger partial charge < -0.3 is 14.6 Å². The van der Waals surface area contributed by atoms with Gasteiger partial charge in [-0.2, -0.15) is 0 Å². The van der Waals surface area contributed by atoms with Crippen LogP contribution in [0.4, 0.5) is 10.1 Å². The first kappa shape index (κ1) is 12.2. The van der Waals surface area contributed by atoms with Crippen LogP contribution in [-0.2, 0) is 19.5 Å². The van der Waals surface area contributed by atoms with Crippen molar-refractivity contribution in [3.8, 4) is 0 Å². The average Bonchev–Trinajstić information content (AvgIpc) is 2.99. The Morgan fingerprint density at radius 1 is 1.37 bits per heavy atom. The Morgan fingerprint density at radius 3 is 3.11 bits per heavy atom. The number of rotatable bonds is 4. The van der Waals surface area contributed by atoms with E-state index in [9.17, 15) is 4.39 Å². The molecule has 0 fully saturated rings. The van der Waals surface area contributed by atoms with Crippen molar-refractivity contribution >= 4 is 5.69 Å². The first-order valence-electron chi connectivity index (χ1n) is 6.51. The molecule has 1 aromatic heterocycles. The minimum absolute atomic E-state index is 0.180. The fourth-order valence-corrected chi connectivity index (χ4v) is 2.61. The molecule has 1 aliphatic heterocycles. The molecule has 3 nitrogen and oxygen atoms in total. The van der Waals surface area contributed by atoms with Gasteiger partial charge in [0.05, 0.1) is 12.8 Å². The second kappa shape index (κ2) is 5.05. The summed E-state index contributed by atoms with van der Waals surface area (Å²) in [6, 6.07) is 7.00. The van der Waals surface area contributed by atoms with Gasteiger partial charge in [0, 0.05) is 24.3 Å². The molecule has 1 N–H and O–H groups in total. The summed E-state index contributed by atoms with van der Waals surface area (Å²) in [5, 5.41) is 3.13. The Hall–Kier alpha value is -1.81. The zero-order valence-corrected chi connectivity index (χ0v) is 10.9. The van der Waals surface area contributed by atoms with Crippen LogP contribution in [0.3, 0.4) is 0 Å². The number of nitrogens with zero attached hydrogens (tertiary/aromatic N) is 1. The SMILES string of the molecule is CNCc1ccoc1CN1CCc2ccc(F)cc21. The van der Waals surface area contributed by atoms with Crippen molar-refractivity contribution in [2.24, 2.45) is 0 Å². The number of fused-ring (bicyclic) bond motifs is 1. The van der Waals surface area contributed by atoms with Crippen LogP contribution in [0.2, 0.25) is 0 Å². The maximum Gasteiger partial charge on any atom is 0.127 e. The molecule has 0 amide bonds. The van der Waals surface area contributed by atoms with E-state index in [1.165, 1.54) is 11.6 Å². The number of benzene rings is 1. The van der Waals surface area contributed by atoms with Crippen LogP contribution in [0.1, 0.15) is 16.9 Å². The maximum atomic E-state index is 13.4. The molecule has 1 aliphatic rings. The second-order valence-corrected chi connectivity index (χ2v) is 4.84. The summed E-state index contributed by atoms with van der Waals surface area (Å²) < 4.78 is 18.9. The van der Waals surface area contributed by atoms with E-state index in [4.69, 9.17) is 4.42 Å². The van der Waals surface area contributed by atoms with Crippen LogP contribution in [0.5, 0.6) is 0 Å². The number of furan rings is 1. The van der Waals surface area contributed by atoms with E-state index in [0.29, 0.717) is 6.54 Å². The zero-order chi connectivity index (χ0) is 13.2. The highest BCUT2D eigenvalue weighted by atomic mass is 19.1. The zero-order valence-electron chi connectivity index (χ0n) is 10.9. The van der Waals surface area contributed by atoms with Gasteiger partial charge in [0.2, 0.25) is 0 Å². The Morgan fingerprint density at radius 2 is 2.26 bits per heavy atom. The van der Waals surface area contributed by atoms with E-state index in [1.807, 2.05) is 19.2 Å². The second-order valence-electron chi connectivity index (χ2n) is 4.84. The summed E-state index contributed by atoms with van der Waals surface area (Å²) in [5.74, 6) is 0.770. The van der Waals surface area contributed by atoms with Gasteiger partial charge in [-0.1, -0.05) is 6.07 Å². The lowest BCUT2D eigenvalue weighted by Gasteiger charge is -2.18. The van der Waals surface area contributed by atoms with Crippen LogP contribution in [0.25, 0.3) is 0 Å². The van der Waals surface area contributed by atoms with Crippen molar-refractivity contribution in [1.29, 1.82) is 0 Å². The monoisotopic (exact) mass is 260 g/mol. The molecule has 0 unspecified atom stereocenters. The molecule has 19 heavy (non-hydrogen) atoms. The Kier molecular flexibility index (Phi) is 3.25. The van der Waals surface area contributed by atoms with Gasteiger partial charge in [0.1, 0.15) is 11.6 Å². The first-order chi connectivity index (χ1) is 9.28. The van der Waals surface area contributed by atoms with Crippen molar-refractivity contribution in [2.75, 3.05) is 18.5 Å². The molecule has 0 saturated carbocycles. The molecule has 4 heteroatoms. The molecule has 3 rings (SSSR count). The number of nitrogens with one attached hydrogen (secondary N) is 1. The lowest BCUT2D eigenvalue weighted by Crippen LogP contribution is -2.20. The van der Waals surface area contributed by atoms with Crippen molar-refractivity contribution in [1.82, 2.24) is 5.32 Å². The van der Waals surface area contributed by atoms with E-state index in [-0.39, 0.29) is 5.82 Å². The highest BCUT2D eigenvalue weighted by molar-refractivity contribution is 5.58. The lowest BCUT2D eigenvalue weighted by atomic mass is 10.1. The molecular weight excluding hydrogens is 243 g/mol. The summed E-state index contributed by atoms with van der Waals surface area (Å²) >= 11 is 0. The summed E-state index contributed by atoms with van der Waals surface area (Å²) in [5.41, 5.74) is 3.36. The normalized spacial score (nSPS) is 13.9. The van der Waals surface area contributed by atoms with Gasteiger partial charge in [0.15, 0.2) is 0 Å². The van der Waals surface area contributed by atoms with E-state index in [2.05, 4.69) is 10.2 Å². The molecule has 0 radical (unpaired) electrons. The van der Waals surface area contributed by atoms with E-state index >= 15 is 0 Å². The maximum absolute atomic E-state index is 13.4. The van der Waals surface area contributed by atoms with Crippen molar-refractivity contribution in [3.63, 3.8) is 0 Å². The fraction of sp³-hybridized carbons (Fsp3) is 0.333. The number of halogens is 1. The average molecular weight is 260 g/mol.